The molecule has 0 aliphatic rings. The Morgan fingerprint density at radius 3 is 2.17 bits per heavy atom. The number of carboxylic acids is 1. The summed E-state index contributed by atoms with van der Waals surface area (Å²) in [5.41, 5.74) is -1.39. The minimum atomic E-state index is -3.55. The first kappa shape index (κ1) is 16.9. The second kappa shape index (κ2) is 6.14. The average molecular weight is 280 g/mol. The maximum Gasteiger partial charge on any atom is 0.326 e. The molecule has 0 heterocycles. The molecule has 0 aromatic carbocycles. The molecule has 0 rings (SSSR count). The predicted octanol–water partition coefficient (Wildman–Crippen LogP) is -0.316. The molecule has 1 unspecified atom stereocenters. The molecule has 0 spiro atoms. The number of carbonyl (C=O) groups excluding carboxylic acids is 1. The van der Waals surface area contributed by atoms with Crippen LogP contribution in [-0.2, 0) is 19.6 Å². The van der Waals surface area contributed by atoms with Gasteiger partial charge in [-0.1, -0.05) is 13.3 Å². The van der Waals surface area contributed by atoms with E-state index in [1.165, 1.54) is 13.8 Å². The molecule has 1 atom stereocenters. The predicted molar refractivity (Wildman–Crippen MR) is 66.5 cm³/mol. The topological polar surface area (TPSA) is 113 Å². The lowest BCUT2D eigenvalue weighted by Crippen LogP contribution is -2.57. The number of carbonyl (C=O) groups is 2. The van der Waals surface area contributed by atoms with Crippen molar-refractivity contribution >= 4 is 21.9 Å². The third-order valence-corrected chi connectivity index (χ3v) is 3.07. The highest BCUT2D eigenvalue weighted by Gasteiger charge is 2.33. The molecular weight excluding hydrogens is 260 g/mol. The van der Waals surface area contributed by atoms with Gasteiger partial charge >= 0.3 is 5.97 Å². The Kier molecular flexibility index (Phi) is 5.75. The molecule has 0 aliphatic carbocycles. The van der Waals surface area contributed by atoms with Crippen molar-refractivity contribution in [1.82, 2.24) is 10.0 Å². The summed E-state index contributed by atoms with van der Waals surface area (Å²) < 4.78 is 24.3. The van der Waals surface area contributed by atoms with Crippen molar-refractivity contribution in [1.29, 1.82) is 0 Å². The van der Waals surface area contributed by atoms with Crippen LogP contribution in [0.2, 0.25) is 0 Å². The zero-order chi connectivity index (χ0) is 14.6. The molecule has 8 heteroatoms. The zero-order valence-corrected chi connectivity index (χ0v) is 11.8. The Hall–Kier alpha value is -1.15. The molecule has 0 saturated heterocycles. The van der Waals surface area contributed by atoms with E-state index >= 15 is 0 Å². The standard InChI is InChI=1S/C10H20N2O5S/c1-5-6-7(8(13)14)11-9(15)10(2,3)12-18(4,16)17/h7,12H,5-6H2,1-4H3,(H,11,15)(H,13,14). The number of carboxylic acid groups (broad SMARTS) is 1. The van der Waals surface area contributed by atoms with Gasteiger partial charge in [0.05, 0.1) is 6.26 Å². The van der Waals surface area contributed by atoms with Gasteiger partial charge in [-0.3, -0.25) is 4.79 Å². The van der Waals surface area contributed by atoms with E-state index in [1.54, 1.807) is 6.92 Å². The number of rotatable bonds is 7. The number of nitrogens with one attached hydrogen (secondary N) is 2. The van der Waals surface area contributed by atoms with Crippen molar-refractivity contribution in [2.75, 3.05) is 6.26 Å². The van der Waals surface area contributed by atoms with Crippen LogP contribution < -0.4 is 10.0 Å². The largest absolute Gasteiger partial charge is 0.480 e. The summed E-state index contributed by atoms with van der Waals surface area (Å²) in [5.74, 6) is -1.81. The first-order valence-electron chi connectivity index (χ1n) is 5.52. The molecular formula is C10H20N2O5S. The van der Waals surface area contributed by atoms with E-state index in [-0.39, 0.29) is 6.42 Å². The quantitative estimate of drug-likeness (QED) is 0.592. The first-order valence-corrected chi connectivity index (χ1v) is 7.41. The fourth-order valence-electron chi connectivity index (χ4n) is 1.39. The molecule has 0 aliphatic heterocycles. The van der Waals surface area contributed by atoms with Gasteiger partial charge in [-0.15, -0.1) is 0 Å². The minimum Gasteiger partial charge on any atom is -0.480 e. The van der Waals surface area contributed by atoms with Gasteiger partial charge in [0.2, 0.25) is 15.9 Å². The number of hydrogen-bond donors (Lipinski definition) is 3. The van der Waals surface area contributed by atoms with Crippen LogP contribution in [0.15, 0.2) is 0 Å². The van der Waals surface area contributed by atoms with Crippen molar-refractivity contribution in [2.45, 2.75) is 45.2 Å². The van der Waals surface area contributed by atoms with E-state index < -0.39 is 33.5 Å². The third-order valence-electron chi connectivity index (χ3n) is 2.19. The Morgan fingerprint density at radius 1 is 1.33 bits per heavy atom. The first-order chi connectivity index (χ1) is 7.99. The number of amides is 1. The number of sulfonamides is 1. The number of aliphatic carboxylic acids is 1. The molecule has 0 aromatic heterocycles. The van der Waals surface area contributed by atoms with Gasteiger partial charge in [0.1, 0.15) is 11.6 Å². The lowest BCUT2D eigenvalue weighted by Gasteiger charge is -2.26. The summed E-state index contributed by atoms with van der Waals surface area (Å²) in [4.78, 5) is 22.7. The SMILES string of the molecule is CCCC(NC(=O)C(C)(C)NS(C)(=O)=O)C(=O)O. The highest BCUT2D eigenvalue weighted by molar-refractivity contribution is 7.88. The van der Waals surface area contributed by atoms with Crippen LogP contribution >= 0.6 is 0 Å². The van der Waals surface area contributed by atoms with Crippen molar-refractivity contribution in [3.8, 4) is 0 Å². The average Bonchev–Trinajstić information content (AvgIpc) is 2.12. The van der Waals surface area contributed by atoms with E-state index in [4.69, 9.17) is 5.11 Å². The molecule has 0 fully saturated rings. The zero-order valence-electron chi connectivity index (χ0n) is 11.0. The van der Waals surface area contributed by atoms with Crippen LogP contribution in [0.4, 0.5) is 0 Å². The fraction of sp³-hybridized carbons (Fsp3) is 0.800. The summed E-state index contributed by atoms with van der Waals surface area (Å²) in [6, 6.07) is -1.01. The summed E-state index contributed by atoms with van der Waals surface area (Å²) in [7, 11) is -3.55. The van der Waals surface area contributed by atoms with E-state index in [9.17, 15) is 18.0 Å². The highest BCUT2D eigenvalue weighted by atomic mass is 32.2. The Morgan fingerprint density at radius 2 is 1.83 bits per heavy atom. The van der Waals surface area contributed by atoms with Crippen LogP contribution in [0.1, 0.15) is 33.6 Å². The second-order valence-corrected chi connectivity index (χ2v) is 6.40. The molecule has 0 bridgehead atoms. The van der Waals surface area contributed by atoms with Crippen LogP contribution in [0, 0.1) is 0 Å². The van der Waals surface area contributed by atoms with Crippen molar-refractivity contribution in [3.05, 3.63) is 0 Å². The second-order valence-electron chi connectivity index (χ2n) is 4.65. The van der Waals surface area contributed by atoms with Gasteiger partial charge in [0.25, 0.3) is 0 Å². The lowest BCUT2D eigenvalue weighted by molar-refractivity contribution is -0.142. The molecule has 0 radical (unpaired) electrons. The molecule has 106 valence electrons. The smallest absolute Gasteiger partial charge is 0.326 e. The van der Waals surface area contributed by atoms with Gasteiger partial charge in [-0.2, -0.15) is 0 Å². The van der Waals surface area contributed by atoms with Crippen LogP contribution in [0.5, 0.6) is 0 Å². The molecule has 3 N–H and O–H groups in total. The van der Waals surface area contributed by atoms with Crippen LogP contribution in [0.25, 0.3) is 0 Å². The Labute approximate surface area is 107 Å². The van der Waals surface area contributed by atoms with Gasteiger partial charge in [-0.05, 0) is 20.3 Å². The maximum atomic E-state index is 11.8. The maximum absolute atomic E-state index is 11.8. The van der Waals surface area contributed by atoms with Gasteiger partial charge in [0, 0.05) is 0 Å². The summed E-state index contributed by atoms with van der Waals surface area (Å²) >= 11 is 0. The normalized spacial score (nSPS) is 14.0. The van der Waals surface area contributed by atoms with Crippen molar-refractivity contribution in [2.24, 2.45) is 0 Å². The Bertz CT molecular complexity index is 416. The van der Waals surface area contributed by atoms with E-state index in [0.29, 0.717) is 6.42 Å². The summed E-state index contributed by atoms with van der Waals surface area (Å²) in [6.45, 7) is 4.53. The van der Waals surface area contributed by atoms with Gasteiger partial charge in [0.15, 0.2) is 0 Å². The van der Waals surface area contributed by atoms with Crippen LogP contribution in [-0.4, -0.2) is 43.2 Å². The fourth-order valence-corrected chi connectivity index (χ4v) is 2.41. The summed E-state index contributed by atoms with van der Waals surface area (Å²) in [5, 5.41) is 11.2. The van der Waals surface area contributed by atoms with Crippen molar-refractivity contribution in [3.63, 3.8) is 0 Å². The third kappa shape index (κ3) is 5.97. The number of hydrogen-bond acceptors (Lipinski definition) is 4. The van der Waals surface area contributed by atoms with Gasteiger partial charge < -0.3 is 10.4 Å². The molecule has 18 heavy (non-hydrogen) atoms. The minimum absolute atomic E-state index is 0.288. The van der Waals surface area contributed by atoms with Crippen molar-refractivity contribution < 1.29 is 23.1 Å². The van der Waals surface area contributed by atoms with E-state index in [0.717, 1.165) is 6.26 Å². The Balaban J connectivity index is 4.78. The molecule has 1 amide bonds. The summed E-state index contributed by atoms with van der Waals surface area (Å²) in [6.07, 6.45) is 1.82. The van der Waals surface area contributed by atoms with Crippen LogP contribution in [0.3, 0.4) is 0 Å². The van der Waals surface area contributed by atoms with E-state index in [1.807, 2.05) is 0 Å². The molecule has 0 aromatic rings. The monoisotopic (exact) mass is 280 g/mol. The molecule has 0 saturated carbocycles. The van der Waals surface area contributed by atoms with E-state index in [2.05, 4.69) is 10.0 Å². The van der Waals surface area contributed by atoms with Gasteiger partial charge in [-0.25, -0.2) is 17.9 Å². The highest BCUT2D eigenvalue weighted by Crippen LogP contribution is 2.06. The lowest BCUT2D eigenvalue weighted by atomic mass is 10.0. The molecule has 7 nitrogen and oxygen atoms in total.